The van der Waals surface area contributed by atoms with E-state index in [4.69, 9.17) is 5.73 Å². The van der Waals surface area contributed by atoms with Crippen LogP contribution in [-0.4, -0.2) is 21.5 Å². The SMILES string of the molecule is CCCn1nncc1C(F)C(CN)C(C)C. The summed E-state index contributed by atoms with van der Waals surface area (Å²) in [5.74, 6) is 0.0408. The molecule has 1 aromatic heterocycles. The normalized spacial score (nSPS) is 15.4. The maximum absolute atomic E-state index is 14.3. The van der Waals surface area contributed by atoms with Crippen molar-refractivity contribution in [1.82, 2.24) is 15.0 Å². The van der Waals surface area contributed by atoms with Crippen LogP contribution in [0.25, 0.3) is 0 Å². The molecule has 2 atom stereocenters. The molecule has 0 saturated carbocycles. The van der Waals surface area contributed by atoms with Gasteiger partial charge in [-0.25, -0.2) is 9.07 Å². The van der Waals surface area contributed by atoms with Crippen LogP contribution < -0.4 is 5.73 Å². The van der Waals surface area contributed by atoms with Gasteiger partial charge in [0.05, 0.1) is 11.9 Å². The second-order valence-corrected chi connectivity index (χ2v) is 4.43. The third-order valence-electron chi connectivity index (χ3n) is 2.87. The van der Waals surface area contributed by atoms with Crippen molar-refractivity contribution < 1.29 is 4.39 Å². The Morgan fingerprint density at radius 3 is 2.69 bits per heavy atom. The third-order valence-corrected chi connectivity index (χ3v) is 2.87. The summed E-state index contributed by atoms with van der Waals surface area (Å²) in [6.07, 6.45) is 1.34. The quantitative estimate of drug-likeness (QED) is 0.809. The standard InChI is InChI=1S/C11H21FN4/c1-4-5-16-10(7-14-15-16)11(12)9(6-13)8(2)3/h7-9,11H,4-6,13H2,1-3H3. The number of aryl methyl sites for hydroxylation is 1. The minimum atomic E-state index is -1.08. The maximum atomic E-state index is 14.3. The van der Waals surface area contributed by atoms with Gasteiger partial charge in [-0.3, -0.25) is 0 Å². The Hall–Kier alpha value is -0.970. The molecule has 0 aliphatic rings. The van der Waals surface area contributed by atoms with Gasteiger partial charge >= 0.3 is 0 Å². The second kappa shape index (κ2) is 5.94. The van der Waals surface area contributed by atoms with Gasteiger partial charge in [0.25, 0.3) is 0 Å². The largest absolute Gasteiger partial charge is 0.330 e. The molecule has 0 aliphatic carbocycles. The van der Waals surface area contributed by atoms with Crippen LogP contribution in [0.3, 0.4) is 0 Å². The van der Waals surface area contributed by atoms with E-state index in [0.29, 0.717) is 18.8 Å². The summed E-state index contributed by atoms with van der Waals surface area (Å²) < 4.78 is 15.9. The molecular formula is C11H21FN4. The summed E-state index contributed by atoms with van der Waals surface area (Å²) in [7, 11) is 0. The predicted molar refractivity (Wildman–Crippen MR) is 61.5 cm³/mol. The van der Waals surface area contributed by atoms with Crippen molar-refractivity contribution in [2.24, 2.45) is 17.6 Å². The van der Waals surface area contributed by atoms with Gasteiger partial charge in [-0.15, -0.1) is 5.10 Å². The second-order valence-electron chi connectivity index (χ2n) is 4.43. The summed E-state index contributed by atoms with van der Waals surface area (Å²) in [5, 5.41) is 7.66. The maximum Gasteiger partial charge on any atom is 0.147 e. The van der Waals surface area contributed by atoms with E-state index in [0.717, 1.165) is 6.42 Å². The zero-order valence-corrected chi connectivity index (χ0v) is 10.2. The van der Waals surface area contributed by atoms with Gasteiger partial charge in [-0.2, -0.15) is 0 Å². The molecule has 0 amide bonds. The number of hydrogen-bond donors (Lipinski definition) is 1. The van der Waals surface area contributed by atoms with Crippen molar-refractivity contribution in [3.05, 3.63) is 11.9 Å². The van der Waals surface area contributed by atoms with Crippen molar-refractivity contribution in [3.8, 4) is 0 Å². The predicted octanol–water partition coefficient (Wildman–Crippen LogP) is 1.93. The molecule has 0 bridgehead atoms. The summed E-state index contributed by atoms with van der Waals surface area (Å²) >= 11 is 0. The molecule has 92 valence electrons. The Kier molecular flexibility index (Phi) is 4.86. The van der Waals surface area contributed by atoms with Gasteiger partial charge in [-0.1, -0.05) is 26.0 Å². The van der Waals surface area contributed by atoms with Crippen LogP contribution in [0, 0.1) is 11.8 Å². The van der Waals surface area contributed by atoms with Crippen LogP contribution in [0.2, 0.25) is 0 Å². The first-order valence-electron chi connectivity index (χ1n) is 5.84. The van der Waals surface area contributed by atoms with E-state index in [1.54, 1.807) is 4.68 Å². The average molecular weight is 228 g/mol. The Labute approximate surface area is 96.0 Å². The van der Waals surface area contributed by atoms with Crippen LogP contribution in [0.4, 0.5) is 4.39 Å². The van der Waals surface area contributed by atoms with Crippen LogP contribution in [0.15, 0.2) is 6.20 Å². The van der Waals surface area contributed by atoms with E-state index in [1.165, 1.54) is 6.20 Å². The van der Waals surface area contributed by atoms with E-state index in [-0.39, 0.29) is 11.8 Å². The average Bonchev–Trinajstić information content (AvgIpc) is 2.66. The van der Waals surface area contributed by atoms with Crippen molar-refractivity contribution in [3.63, 3.8) is 0 Å². The minimum absolute atomic E-state index is 0.172. The van der Waals surface area contributed by atoms with Gasteiger partial charge in [0.15, 0.2) is 0 Å². The Morgan fingerprint density at radius 2 is 2.19 bits per heavy atom. The monoisotopic (exact) mass is 228 g/mol. The molecule has 0 spiro atoms. The lowest BCUT2D eigenvalue weighted by Gasteiger charge is -2.23. The zero-order valence-electron chi connectivity index (χ0n) is 10.2. The lowest BCUT2D eigenvalue weighted by Crippen LogP contribution is -2.26. The van der Waals surface area contributed by atoms with Crippen molar-refractivity contribution in [2.45, 2.75) is 39.9 Å². The highest BCUT2D eigenvalue weighted by atomic mass is 19.1. The first kappa shape index (κ1) is 13.1. The van der Waals surface area contributed by atoms with Crippen molar-refractivity contribution >= 4 is 0 Å². The molecule has 2 N–H and O–H groups in total. The molecule has 4 nitrogen and oxygen atoms in total. The molecule has 1 aromatic rings. The van der Waals surface area contributed by atoms with E-state index >= 15 is 0 Å². The molecule has 0 fully saturated rings. The fourth-order valence-corrected chi connectivity index (χ4v) is 1.81. The van der Waals surface area contributed by atoms with E-state index in [9.17, 15) is 4.39 Å². The van der Waals surface area contributed by atoms with Crippen molar-refractivity contribution in [1.29, 1.82) is 0 Å². The lowest BCUT2D eigenvalue weighted by atomic mass is 9.90. The van der Waals surface area contributed by atoms with Crippen LogP contribution in [0.1, 0.15) is 39.1 Å². The first-order chi connectivity index (χ1) is 7.61. The Bertz CT molecular complexity index is 311. The number of alkyl halides is 1. The number of nitrogens with two attached hydrogens (primary N) is 1. The highest BCUT2D eigenvalue weighted by Gasteiger charge is 2.27. The van der Waals surface area contributed by atoms with Gasteiger partial charge in [0.1, 0.15) is 6.17 Å². The smallest absolute Gasteiger partial charge is 0.147 e. The van der Waals surface area contributed by atoms with Crippen LogP contribution in [-0.2, 0) is 6.54 Å². The number of nitrogens with zero attached hydrogens (tertiary/aromatic N) is 3. The highest BCUT2D eigenvalue weighted by Crippen LogP contribution is 2.30. The third kappa shape index (κ3) is 2.78. The molecule has 0 aromatic carbocycles. The fraction of sp³-hybridized carbons (Fsp3) is 0.818. The molecule has 0 saturated heterocycles. The highest BCUT2D eigenvalue weighted by molar-refractivity contribution is 5.02. The number of halogens is 1. The molecule has 0 radical (unpaired) electrons. The molecule has 1 rings (SSSR count). The van der Waals surface area contributed by atoms with Gasteiger partial charge in [0, 0.05) is 12.5 Å². The molecule has 1 heterocycles. The Balaban J connectivity index is 2.85. The number of rotatable bonds is 6. The molecule has 0 aliphatic heterocycles. The fourth-order valence-electron chi connectivity index (χ4n) is 1.81. The van der Waals surface area contributed by atoms with E-state index < -0.39 is 6.17 Å². The first-order valence-corrected chi connectivity index (χ1v) is 5.84. The lowest BCUT2D eigenvalue weighted by molar-refractivity contribution is 0.177. The topological polar surface area (TPSA) is 56.7 Å². The summed E-state index contributed by atoms with van der Waals surface area (Å²) in [4.78, 5) is 0. The molecule has 16 heavy (non-hydrogen) atoms. The van der Waals surface area contributed by atoms with Gasteiger partial charge < -0.3 is 5.73 Å². The number of aromatic nitrogens is 3. The van der Waals surface area contributed by atoms with Crippen molar-refractivity contribution in [2.75, 3.05) is 6.54 Å². The van der Waals surface area contributed by atoms with E-state index in [1.807, 2.05) is 20.8 Å². The molecular weight excluding hydrogens is 207 g/mol. The Morgan fingerprint density at radius 1 is 1.50 bits per heavy atom. The summed E-state index contributed by atoms with van der Waals surface area (Å²) in [6.45, 7) is 7.04. The molecule has 2 unspecified atom stereocenters. The molecule has 5 heteroatoms. The van der Waals surface area contributed by atoms with Crippen LogP contribution >= 0.6 is 0 Å². The summed E-state index contributed by atoms with van der Waals surface area (Å²) in [5.41, 5.74) is 6.16. The zero-order chi connectivity index (χ0) is 12.1. The summed E-state index contributed by atoms with van der Waals surface area (Å²) in [6, 6.07) is 0. The van der Waals surface area contributed by atoms with Crippen LogP contribution in [0.5, 0.6) is 0 Å². The van der Waals surface area contributed by atoms with Gasteiger partial charge in [0.2, 0.25) is 0 Å². The minimum Gasteiger partial charge on any atom is -0.330 e. The van der Waals surface area contributed by atoms with E-state index in [2.05, 4.69) is 10.3 Å². The number of hydrogen-bond acceptors (Lipinski definition) is 3. The van der Waals surface area contributed by atoms with Gasteiger partial charge in [-0.05, 0) is 18.9 Å².